The first-order valence-electron chi connectivity index (χ1n) is 35.5. The molecule has 10 nitrogen and oxygen atoms in total. The van der Waals surface area contributed by atoms with Crippen molar-refractivity contribution in [1.29, 1.82) is 0 Å². The Morgan fingerprint density at radius 1 is 0.306 bits per heavy atom. The second-order valence-electron chi connectivity index (χ2n) is 26.2. The highest BCUT2D eigenvalue weighted by molar-refractivity contribution is 9.10. The molecule has 20 rings (SSSR count). The molecule has 0 saturated carbocycles. The zero-order valence-corrected chi connectivity index (χ0v) is 60.5. The lowest BCUT2D eigenvalue weighted by Crippen LogP contribution is -2.29. The predicted octanol–water partition coefficient (Wildman–Crippen LogP) is 22.6. The number of fused-ring (bicyclic) bond motifs is 12. The van der Waals surface area contributed by atoms with Crippen LogP contribution >= 0.6 is 27.5 Å². The smallest absolute Gasteiger partial charge is 0.537 e. The summed E-state index contributed by atoms with van der Waals surface area (Å²) in [5.74, 6) is 0.617. The summed E-state index contributed by atoms with van der Waals surface area (Å²) < 4.78 is 15.4. The number of hydrogen-bond donors (Lipinski definition) is 3. The Balaban J connectivity index is 0.000000106. The van der Waals surface area contributed by atoms with Gasteiger partial charge in [0.1, 0.15) is 5.75 Å². The van der Waals surface area contributed by atoms with Crippen LogP contribution in [0.15, 0.2) is 381 Å². The van der Waals surface area contributed by atoms with Gasteiger partial charge in [0.2, 0.25) is 5.28 Å². The van der Waals surface area contributed by atoms with Crippen LogP contribution in [0.4, 0.5) is 0 Å². The average Bonchev–Trinajstić information content (AvgIpc) is 1.66. The summed E-state index contributed by atoms with van der Waals surface area (Å²) in [4.78, 5) is 8.35. The summed E-state index contributed by atoms with van der Waals surface area (Å²) in [5, 5.41) is 37.7. The van der Waals surface area contributed by atoms with Crippen LogP contribution in [-0.4, -0.2) is 58.1 Å². The van der Waals surface area contributed by atoms with Crippen LogP contribution in [0, 0.1) is 0 Å². The van der Waals surface area contributed by atoms with Gasteiger partial charge in [-0.2, -0.15) is 0 Å². The normalized spacial score (nSPS) is 11.2. The van der Waals surface area contributed by atoms with Gasteiger partial charge in [-0.25, -0.2) is 9.97 Å². The van der Waals surface area contributed by atoms with Gasteiger partial charge in [-0.1, -0.05) is 234 Å². The highest BCUT2D eigenvalue weighted by atomic mass is 79.9. The Morgan fingerprint density at radius 2 is 0.639 bits per heavy atom. The molecule has 0 amide bonds. The van der Waals surface area contributed by atoms with Crippen molar-refractivity contribution in [3.8, 4) is 73.1 Å². The predicted molar refractivity (Wildman–Crippen MR) is 452 cm³/mol. The molecule has 0 aliphatic heterocycles. The lowest BCUT2D eigenvalue weighted by atomic mass is 9.79. The SMILES string of the molecule is Brc1cccc(-c2ccc3c(c2)c2ccccc2n3-c2ccccc2)c1.Clc1nccc(-c2cccc(-c3ccc4c(c3)c3ccccc3n4-c3ccccc3)c2)n1.OB(O)c1cccc(-c2ccc3c(c2)c2ccccc2n3-c2ccccc2)c1.O[B]Oc1ccc2c(c1)c1ccccc1n2-c1ccccc1. The number of halogens is 2. The number of benzene rings is 15. The van der Waals surface area contributed by atoms with Crippen molar-refractivity contribution in [2.45, 2.75) is 0 Å². The van der Waals surface area contributed by atoms with E-state index in [2.05, 4.69) is 317 Å². The molecule has 0 atom stereocenters. The van der Waals surface area contributed by atoms with Gasteiger partial charge in [-0.15, -0.1) is 0 Å². The fourth-order valence-corrected chi connectivity index (χ4v) is 15.4. The van der Waals surface area contributed by atoms with E-state index < -0.39 is 7.12 Å². The summed E-state index contributed by atoms with van der Waals surface area (Å²) in [5.41, 5.74) is 23.1. The van der Waals surface area contributed by atoms with Gasteiger partial charge in [-0.3, -0.25) is 0 Å². The van der Waals surface area contributed by atoms with Gasteiger partial charge in [0.25, 0.3) is 0 Å². The molecular weight excluding hydrogens is 1410 g/mol. The second-order valence-corrected chi connectivity index (χ2v) is 27.4. The topological polar surface area (TPSA) is 115 Å². The average molecular weight is 1480 g/mol. The first-order chi connectivity index (χ1) is 53.2. The standard InChI is InChI=1S/C28H18ClN3.C24H18BNO2.C24H16BrN.C18H13BNO2/c29-28-30-16-15-25(31-28)21-8-6-7-19(17-21)20-13-14-27-24(18-20)23-11-4-5-12-26(23)32(27)22-9-2-1-3-10-22;27-25(28)19-8-6-7-17(15-19)18-13-14-24-22(16-18)21-11-4-5-12-23(21)26(24)20-9-2-1-3-10-20;25-19-8-6-7-17(15-19)18-13-14-24-22(16-18)21-11-4-5-12-23(21)26(24)20-9-2-1-3-10-20;21-19-22-14-10-11-18-16(12-14)15-8-4-5-9-17(15)20(18)13-6-2-1-3-7-13/h1-18H;1-16,27-28H;1-16H;1-12,21H. The first kappa shape index (κ1) is 68.3. The molecule has 3 N–H and O–H groups in total. The molecule has 0 aliphatic rings. The maximum absolute atomic E-state index is 9.49. The number of nitrogens with zero attached hydrogens (tertiary/aromatic N) is 6. The quantitative estimate of drug-likeness (QED) is 0.0878. The largest absolute Gasteiger partial charge is 0.569 e. The van der Waals surface area contributed by atoms with E-state index in [9.17, 15) is 10.0 Å². The van der Waals surface area contributed by atoms with Crippen LogP contribution in [-0.2, 0) is 0 Å². The van der Waals surface area contributed by atoms with Crippen molar-refractivity contribution in [1.82, 2.24) is 28.2 Å². The monoisotopic (exact) mass is 1480 g/mol. The van der Waals surface area contributed by atoms with E-state index in [0.29, 0.717) is 18.9 Å². The molecule has 0 unspecified atom stereocenters. The van der Waals surface area contributed by atoms with Gasteiger partial charge in [-0.05, 0) is 202 Å². The third-order valence-corrected chi connectivity index (χ3v) is 20.4. The minimum atomic E-state index is -1.47. The minimum Gasteiger partial charge on any atom is -0.537 e. The van der Waals surface area contributed by atoms with E-state index in [0.717, 1.165) is 82.4 Å². The molecule has 0 aliphatic carbocycles. The summed E-state index contributed by atoms with van der Waals surface area (Å²) in [6, 6.07) is 127. The van der Waals surface area contributed by atoms with E-state index in [-0.39, 0.29) is 5.28 Å². The van der Waals surface area contributed by atoms with E-state index in [1.165, 1.54) is 76.7 Å². The Morgan fingerprint density at radius 3 is 1.04 bits per heavy atom. The highest BCUT2D eigenvalue weighted by Crippen LogP contribution is 2.40. The third kappa shape index (κ3) is 13.5. The molecule has 5 heterocycles. The maximum Gasteiger partial charge on any atom is 0.569 e. The lowest BCUT2D eigenvalue weighted by Gasteiger charge is -2.09. The van der Waals surface area contributed by atoms with Crippen molar-refractivity contribution >= 4 is 135 Å². The molecule has 5 aromatic heterocycles. The molecule has 1 radical (unpaired) electrons. The maximum atomic E-state index is 9.49. The fraction of sp³-hybridized carbons (Fsp3) is 0. The summed E-state index contributed by atoms with van der Waals surface area (Å²) in [6.07, 6.45) is 1.68. The van der Waals surface area contributed by atoms with Crippen LogP contribution < -0.4 is 10.1 Å². The van der Waals surface area contributed by atoms with Crippen molar-refractivity contribution in [3.05, 3.63) is 386 Å². The molecule has 14 heteroatoms. The van der Waals surface area contributed by atoms with Crippen molar-refractivity contribution in [3.63, 3.8) is 0 Å². The summed E-state index contributed by atoms with van der Waals surface area (Å²) >= 11 is 9.58. The van der Waals surface area contributed by atoms with E-state index in [1.807, 2.05) is 91.0 Å². The molecule has 515 valence electrons. The summed E-state index contributed by atoms with van der Waals surface area (Å²) in [6.45, 7) is 0. The van der Waals surface area contributed by atoms with Crippen LogP contribution in [0.25, 0.3) is 155 Å². The molecule has 15 aromatic carbocycles. The molecule has 0 spiro atoms. The lowest BCUT2D eigenvalue weighted by molar-refractivity contribution is 0.425. The molecule has 20 aromatic rings. The first-order valence-corrected chi connectivity index (χ1v) is 36.7. The van der Waals surface area contributed by atoms with Crippen LogP contribution in [0.2, 0.25) is 5.28 Å². The van der Waals surface area contributed by atoms with Crippen molar-refractivity contribution < 1.29 is 19.7 Å². The molecular formula is C94H65B2BrClN6O4. The number of rotatable bonds is 11. The minimum absolute atomic E-state index is 0.253. The van der Waals surface area contributed by atoms with Gasteiger partial charge in [0, 0.05) is 82.1 Å². The van der Waals surface area contributed by atoms with Crippen LogP contribution in [0.1, 0.15) is 0 Å². The van der Waals surface area contributed by atoms with E-state index in [1.54, 1.807) is 12.3 Å². The number of para-hydroxylation sites is 8. The zero-order chi connectivity index (χ0) is 73.0. The molecule has 108 heavy (non-hydrogen) atoms. The highest BCUT2D eigenvalue weighted by Gasteiger charge is 2.19. The van der Waals surface area contributed by atoms with Crippen molar-refractivity contribution in [2.24, 2.45) is 0 Å². The fourth-order valence-electron chi connectivity index (χ4n) is 14.9. The van der Waals surface area contributed by atoms with E-state index >= 15 is 0 Å². The Bertz CT molecular complexity index is 6670. The van der Waals surface area contributed by atoms with Gasteiger partial charge in [0.15, 0.2) is 0 Å². The van der Waals surface area contributed by atoms with Gasteiger partial charge >= 0.3 is 14.8 Å². The number of hydrogen-bond acceptors (Lipinski definition) is 6. The summed E-state index contributed by atoms with van der Waals surface area (Å²) in [7, 11) is -0.763. The van der Waals surface area contributed by atoms with Gasteiger partial charge < -0.3 is 38.0 Å². The second kappa shape index (κ2) is 30.3. The van der Waals surface area contributed by atoms with Gasteiger partial charge in [0.05, 0.1) is 49.8 Å². The molecule has 0 bridgehead atoms. The van der Waals surface area contributed by atoms with Crippen LogP contribution in [0.3, 0.4) is 0 Å². The zero-order valence-electron chi connectivity index (χ0n) is 58.1. The Hall–Kier alpha value is -12.8. The molecule has 0 fully saturated rings. The van der Waals surface area contributed by atoms with Crippen molar-refractivity contribution in [2.75, 3.05) is 0 Å². The Kier molecular flexibility index (Phi) is 19.2. The number of aromatic nitrogens is 6. The molecule has 0 saturated heterocycles. The van der Waals surface area contributed by atoms with E-state index in [4.69, 9.17) is 21.3 Å². The Labute approximate surface area is 637 Å². The third-order valence-electron chi connectivity index (χ3n) is 19.7. The van der Waals surface area contributed by atoms with Crippen LogP contribution in [0.5, 0.6) is 5.75 Å².